The second-order valence-corrected chi connectivity index (χ2v) is 11.3. The molecule has 0 radical (unpaired) electrons. The predicted octanol–water partition coefficient (Wildman–Crippen LogP) is 3.25. The maximum Gasteiger partial charge on any atom is 0.314 e. The largest absolute Gasteiger partial charge is 0.618 e. The summed E-state index contributed by atoms with van der Waals surface area (Å²) in [6.45, 7) is 3.79. The van der Waals surface area contributed by atoms with Crippen molar-refractivity contribution in [2.24, 2.45) is 11.7 Å². The van der Waals surface area contributed by atoms with E-state index in [4.69, 9.17) is 17.3 Å². The highest BCUT2D eigenvalue weighted by atomic mass is 79.9. The van der Waals surface area contributed by atoms with Crippen molar-refractivity contribution in [1.29, 1.82) is 0 Å². The number of nitrogens with zero attached hydrogens (tertiary/aromatic N) is 4. The molecule has 0 saturated carbocycles. The van der Waals surface area contributed by atoms with Gasteiger partial charge < -0.3 is 20.7 Å². The van der Waals surface area contributed by atoms with Crippen LogP contribution in [0.3, 0.4) is 0 Å². The predicted molar refractivity (Wildman–Crippen MR) is 140 cm³/mol. The normalized spacial score (nSPS) is 21.0. The molecule has 2 saturated heterocycles. The zero-order valence-electron chi connectivity index (χ0n) is 20.2. The van der Waals surface area contributed by atoms with Gasteiger partial charge in [-0.05, 0) is 65.2 Å². The Kier molecular flexibility index (Phi) is 7.42. The molecule has 0 spiro atoms. The Morgan fingerprint density at radius 3 is 2.44 bits per heavy atom. The first-order valence-electron chi connectivity index (χ1n) is 12.6. The molecule has 2 N–H and O–H groups in total. The van der Waals surface area contributed by atoms with Crippen molar-refractivity contribution in [1.82, 2.24) is 14.7 Å². The third-order valence-electron chi connectivity index (χ3n) is 7.88. The van der Waals surface area contributed by atoms with Gasteiger partial charge >= 0.3 is 6.03 Å². The summed E-state index contributed by atoms with van der Waals surface area (Å²) in [7, 11) is 0. The van der Waals surface area contributed by atoms with Gasteiger partial charge in [0.2, 0.25) is 11.6 Å². The molecule has 0 unspecified atom stereocenters. The van der Waals surface area contributed by atoms with Crippen LogP contribution < -0.4 is 10.5 Å². The lowest BCUT2D eigenvalue weighted by Crippen LogP contribution is -2.52. The third kappa shape index (κ3) is 5.06. The SMILES string of the molecule is NC(=O)N1CCC(CC(=O)N2CCN([C@@H]3c4c(Cl)cccc4CCc4cc(Br)c[n+]([O-])c43)CC2)CC1. The van der Waals surface area contributed by atoms with Gasteiger partial charge in [-0.2, -0.15) is 4.73 Å². The number of piperidine rings is 1. The van der Waals surface area contributed by atoms with Gasteiger partial charge in [-0.15, -0.1) is 0 Å². The number of hydrogen-bond acceptors (Lipinski definition) is 4. The molecule has 192 valence electrons. The van der Waals surface area contributed by atoms with Crippen molar-refractivity contribution in [3.8, 4) is 0 Å². The van der Waals surface area contributed by atoms with Crippen LogP contribution in [0.1, 0.15) is 47.7 Å². The summed E-state index contributed by atoms with van der Waals surface area (Å²) in [5.41, 5.74) is 9.30. The molecule has 2 aromatic rings. The molecule has 3 heterocycles. The number of aryl methyl sites for hydroxylation is 2. The van der Waals surface area contributed by atoms with Crippen LogP contribution in [0.2, 0.25) is 5.02 Å². The van der Waals surface area contributed by atoms with E-state index < -0.39 is 0 Å². The van der Waals surface area contributed by atoms with E-state index in [2.05, 4.69) is 26.9 Å². The number of hydrogen-bond donors (Lipinski definition) is 1. The Labute approximate surface area is 224 Å². The minimum Gasteiger partial charge on any atom is -0.618 e. The van der Waals surface area contributed by atoms with E-state index in [1.165, 1.54) is 5.56 Å². The number of piperazine rings is 1. The number of pyridine rings is 1. The first-order chi connectivity index (χ1) is 17.3. The number of rotatable bonds is 3. The molecule has 1 aliphatic carbocycles. The first kappa shape index (κ1) is 25.3. The van der Waals surface area contributed by atoms with E-state index >= 15 is 0 Å². The lowest BCUT2D eigenvalue weighted by atomic mass is 9.93. The Morgan fingerprint density at radius 1 is 1.06 bits per heavy atom. The summed E-state index contributed by atoms with van der Waals surface area (Å²) < 4.78 is 1.75. The van der Waals surface area contributed by atoms with Gasteiger partial charge in [-0.1, -0.05) is 23.7 Å². The molecule has 36 heavy (non-hydrogen) atoms. The van der Waals surface area contributed by atoms with E-state index in [0.717, 1.165) is 51.7 Å². The number of likely N-dealkylation sites (tertiary alicyclic amines) is 1. The number of urea groups is 1. The average molecular weight is 577 g/mol. The quantitative estimate of drug-likeness (QED) is 0.448. The molecule has 2 aliphatic heterocycles. The Morgan fingerprint density at radius 2 is 1.75 bits per heavy atom. The maximum absolute atomic E-state index is 13.2. The summed E-state index contributed by atoms with van der Waals surface area (Å²) in [6.07, 6.45) is 5.28. The smallest absolute Gasteiger partial charge is 0.314 e. The van der Waals surface area contributed by atoms with Gasteiger partial charge in [0, 0.05) is 61.8 Å². The maximum atomic E-state index is 13.2. The van der Waals surface area contributed by atoms with Crippen molar-refractivity contribution in [2.45, 2.75) is 38.1 Å². The van der Waals surface area contributed by atoms with Gasteiger partial charge in [-0.25, -0.2) is 4.79 Å². The topological polar surface area (TPSA) is 96.8 Å². The number of benzene rings is 1. The molecule has 10 heteroatoms. The van der Waals surface area contributed by atoms with Gasteiger partial charge in [-0.3, -0.25) is 9.69 Å². The van der Waals surface area contributed by atoms with Crippen LogP contribution in [0.15, 0.2) is 34.9 Å². The molecule has 2 fully saturated rings. The molecule has 1 atom stereocenters. The van der Waals surface area contributed by atoms with E-state index in [9.17, 15) is 14.8 Å². The highest BCUT2D eigenvalue weighted by molar-refractivity contribution is 9.10. The lowest BCUT2D eigenvalue weighted by Gasteiger charge is -2.40. The fourth-order valence-corrected chi connectivity index (χ4v) is 6.69. The molecule has 3 amide bonds. The Hall–Kier alpha value is -2.36. The Bertz CT molecular complexity index is 1160. The number of carbonyl (C=O) groups is 2. The fraction of sp³-hybridized carbons (Fsp3) is 0.500. The molecule has 0 bridgehead atoms. The second kappa shape index (κ2) is 10.6. The summed E-state index contributed by atoms with van der Waals surface area (Å²) in [4.78, 5) is 30.3. The summed E-state index contributed by atoms with van der Waals surface area (Å²) in [5, 5.41) is 13.9. The van der Waals surface area contributed by atoms with Gasteiger partial charge in [0.05, 0.1) is 4.47 Å². The van der Waals surface area contributed by atoms with Crippen LogP contribution in [0.5, 0.6) is 0 Å². The van der Waals surface area contributed by atoms with Crippen LogP contribution in [-0.4, -0.2) is 65.9 Å². The highest BCUT2D eigenvalue weighted by Crippen LogP contribution is 2.40. The zero-order chi connectivity index (χ0) is 25.4. The standard InChI is InChI=1S/C26H31BrClN5O3/c27-20-15-19-5-4-18-2-1-3-21(28)23(18)25(24(19)33(36)16-20)31-12-10-30(11-13-31)22(34)14-17-6-8-32(9-7-17)26(29)35/h1-3,15-17,25H,4-14H2,(H2,29,35)/t25-/m1/s1. The van der Waals surface area contributed by atoms with Gasteiger partial charge in [0.15, 0.2) is 6.20 Å². The van der Waals surface area contributed by atoms with Crippen LogP contribution in [0, 0.1) is 11.1 Å². The average Bonchev–Trinajstić information content (AvgIpc) is 3.02. The number of nitrogens with two attached hydrogens (primary N) is 1. The number of primary amides is 1. The van der Waals surface area contributed by atoms with Crippen LogP contribution >= 0.6 is 27.5 Å². The number of carbonyl (C=O) groups excluding carboxylic acids is 2. The molecule has 8 nitrogen and oxygen atoms in total. The van der Waals surface area contributed by atoms with Crippen molar-refractivity contribution in [3.63, 3.8) is 0 Å². The summed E-state index contributed by atoms with van der Waals surface area (Å²) >= 11 is 10.2. The van der Waals surface area contributed by atoms with E-state index in [-0.39, 0.29) is 23.9 Å². The molecule has 1 aromatic carbocycles. The monoisotopic (exact) mass is 575 g/mol. The molecular weight excluding hydrogens is 546 g/mol. The van der Waals surface area contributed by atoms with Gasteiger partial charge in [0.1, 0.15) is 6.04 Å². The number of halogens is 2. The van der Waals surface area contributed by atoms with Crippen LogP contribution in [0.4, 0.5) is 4.79 Å². The van der Waals surface area contributed by atoms with Crippen molar-refractivity contribution >= 4 is 39.5 Å². The fourth-order valence-electron chi connectivity index (χ4n) is 5.93. The lowest BCUT2D eigenvalue weighted by molar-refractivity contribution is -0.617. The molecule has 1 aromatic heterocycles. The molecule has 3 aliphatic rings. The van der Waals surface area contributed by atoms with Crippen LogP contribution in [0.25, 0.3) is 0 Å². The van der Waals surface area contributed by atoms with E-state index in [0.29, 0.717) is 50.7 Å². The Balaban J connectivity index is 1.32. The number of amides is 3. The van der Waals surface area contributed by atoms with E-state index in [1.807, 2.05) is 23.1 Å². The number of fused-ring (bicyclic) bond motifs is 2. The molecule has 5 rings (SSSR count). The minimum absolute atomic E-state index is 0.162. The number of aromatic nitrogens is 1. The third-order valence-corrected chi connectivity index (χ3v) is 8.64. The second-order valence-electron chi connectivity index (χ2n) is 10.00. The van der Waals surface area contributed by atoms with Crippen molar-refractivity contribution < 1.29 is 14.3 Å². The summed E-state index contributed by atoms with van der Waals surface area (Å²) in [6, 6.07) is 7.37. The van der Waals surface area contributed by atoms with Gasteiger partial charge in [0.25, 0.3) is 0 Å². The first-order valence-corrected chi connectivity index (χ1v) is 13.7. The summed E-state index contributed by atoms with van der Waals surface area (Å²) in [5.74, 6) is 0.443. The minimum atomic E-state index is -0.385. The van der Waals surface area contributed by atoms with Crippen LogP contribution in [-0.2, 0) is 17.6 Å². The van der Waals surface area contributed by atoms with E-state index in [1.54, 1.807) is 11.1 Å². The molecular formula is C26H31BrClN5O3. The highest BCUT2D eigenvalue weighted by Gasteiger charge is 2.38. The zero-order valence-corrected chi connectivity index (χ0v) is 22.5. The van der Waals surface area contributed by atoms with Crippen molar-refractivity contribution in [2.75, 3.05) is 39.3 Å². The van der Waals surface area contributed by atoms with Crippen molar-refractivity contribution in [3.05, 3.63) is 67.5 Å².